The van der Waals surface area contributed by atoms with E-state index in [1.807, 2.05) is 0 Å². The van der Waals surface area contributed by atoms with Crippen molar-refractivity contribution in [2.24, 2.45) is 11.8 Å². The molecular weight excluding hydrogens is 198 g/mol. The van der Waals surface area contributed by atoms with Gasteiger partial charge in [0, 0.05) is 12.3 Å². The van der Waals surface area contributed by atoms with Gasteiger partial charge in [0.1, 0.15) is 5.78 Å². The van der Waals surface area contributed by atoms with Crippen LogP contribution in [0.5, 0.6) is 0 Å². The molecule has 1 aliphatic heterocycles. The predicted molar refractivity (Wildman–Crippen MR) is 63.4 cm³/mol. The summed E-state index contributed by atoms with van der Waals surface area (Å²) in [5.41, 5.74) is 0. The van der Waals surface area contributed by atoms with E-state index in [0.717, 1.165) is 0 Å². The second-order valence-electron chi connectivity index (χ2n) is 6.04. The van der Waals surface area contributed by atoms with Gasteiger partial charge in [-0.05, 0) is 38.5 Å². The van der Waals surface area contributed by atoms with Crippen LogP contribution >= 0.6 is 0 Å². The van der Waals surface area contributed by atoms with Gasteiger partial charge in [-0.2, -0.15) is 0 Å². The Morgan fingerprint density at radius 1 is 0.875 bits per heavy atom. The third kappa shape index (κ3) is 1.81. The monoisotopic (exact) mass is 222 g/mol. The Bertz CT molecular complexity index is 270. The summed E-state index contributed by atoms with van der Waals surface area (Å²) in [6.45, 7) is 2.66. The summed E-state index contributed by atoms with van der Waals surface area (Å²) >= 11 is 0. The van der Waals surface area contributed by atoms with Crippen molar-refractivity contribution in [3.05, 3.63) is 0 Å². The standard InChI is InChI=1S/C14H23NO/c16-14-11-5-4-6-12(14)13(8-7-11)15-9-2-1-3-10-15/h11-13H,1-10H2/p+1/t11-,12-,13+/m0/s1. The molecule has 0 amide bonds. The molecule has 0 aromatic rings. The highest BCUT2D eigenvalue weighted by Gasteiger charge is 2.45. The average Bonchev–Trinajstić information content (AvgIpc) is 2.30. The number of ketones is 1. The molecule has 90 valence electrons. The third-order valence-electron chi connectivity index (χ3n) is 5.17. The minimum absolute atomic E-state index is 0.445. The van der Waals surface area contributed by atoms with Gasteiger partial charge in [0.25, 0.3) is 0 Å². The van der Waals surface area contributed by atoms with Crippen LogP contribution in [-0.2, 0) is 4.79 Å². The fourth-order valence-electron chi connectivity index (χ4n) is 4.30. The molecule has 0 radical (unpaired) electrons. The molecule has 2 nitrogen and oxygen atoms in total. The molecule has 0 unspecified atom stereocenters. The highest BCUT2D eigenvalue weighted by Crippen LogP contribution is 2.36. The van der Waals surface area contributed by atoms with Crippen LogP contribution in [0.3, 0.4) is 0 Å². The number of rotatable bonds is 1. The van der Waals surface area contributed by atoms with Gasteiger partial charge in [-0.25, -0.2) is 0 Å². The van der Waals surface area contributed by atoms with Crippen LogP contribution in [0.2, 0.25) is 0 Å². The molecule has 3 fully saturated rings. The quantitative estimate of drug-likeness (QED) is 0.707. The SMILES string of the molecule is O=C1[C@H]2CCC[C@H]1[C@H]([NH+]1CCCCC1)CC2. The van der Waals surface area contributed by atoms with E-state index in [0.29, 0.717) is 23.7 Å². The van der Waals surface area contributed by atoms with E-state index in [9.17, 15) is 4.79 Å². The number of quaternary nitrogens is 1. The Balaban J connectivity index is 1.72. The zero-order chi connectivity index (χ0) is 11.0. The molecule has 3 rings (SSSR count). The van der Waals surface area contributed by atoms with Gasteiger partial charge in [-0.3, -0.25) is 4.79 Å². The second-order valence-corrected chi connectivity index (χ2v) is 6.04. The maximum atomic E-state index is 12.2. The number of fused-ring (bicyclic) bond motifs is 2. The number of Topliss-reactive ketones (excluding diaryl/α,β-unsaturated/α-hetero) is 1. The van der Waals surface area contributed by atoms with E-state index in [4.69, 9.17) is 0 Å². The Morgan fingerprint density at radius 2 is 1.69 bits per heavy atom. The Hall–Kier alpha value is -0.370. The number of hydrogen-bond acceptors (Lipinski definition) is 1. The molecule has 0 spiro atoms. The minimum Gasteiger partial charge on any atom is -0.332 e. The van der Waals surface area contributed by atoms with Crippen molar-refractivity contribution in [2.45, 2.75) is 57.4 Å². The topological polar surface area (TPSA) is 21.5 Å². The van der Waals surface area contributed by atoms with Gasteiger partial charge in [-0.15, -0.1) is 0 Å². The summed E-state index contributed by atoms with van der Waals surface area (Å²) in [5.74, 6) is 1.54. The summed E-state index contributed by atoms with van der Waals surface area (Å²) in [4.78, 5) is 14.0. The lowest BCUT2D eigenvalue weighted by Crippen LogP contribution is -3.17. The molecule has 0 aromatic heterocycles. The molecule has 2 aliphatic carbocycles. The molecule has 3 aliphatic rings. The fourth-order valence-corrected chi connectivity index (χ4v) is 4.30. The highest BCUT2D eigenvalue weighted by atomic mass is 16.1. The van der Waals surface area contributed by atoms with E-state index in [-0.39, 0.29) is 0 Å². The average molecular weight is 222 g/mol. The van der Waals surface area contributed by atoms with Crippen molar-refractivity contribution < 1.29 is 9.69 Å². The lowest BCUT2D eigenvalue weighted by atomic mass is 9.68. The maximum Gasteiger partial charge on any atom is 0.144 e. The lowest BCUT2D eigenvalue weighted by molar-refractivity contribution is -0.933. The largest absolute Gasteiger partial charge is 0.332 e. The Labute approximate surface area is 98.4 Å². The van der Waals surface area contributed by atoms with Crippen molar-refractivity contribution in [1.82, 2.24) is 0 Å². The number of nitrogens with one attached hydrogen (secondary N) is 1. The molecule has 0 aromatic carbocycles. The van der Waals surface area contributed by atoms with Gasteiger partial charge >= 0.3 is 0 Å². The van der Waals surface area contributed by atoms with E-state index in [1.54, 1.807) is 4.90 Å². The van der Waals surface area contributed by atoms with E-state index >= 15 is 0 Å². The molecule has 1 saturated heterocycles. The van der Waals surface area contributed by atoms with Crippen molar-refractivity contribution in [3.63, 3.8) is 0 Å². The smallest absolute Gasteiger partial charge is 0.144 e. The van der Waals surface area contributed by atoms with Gasteiger partial charge in [-0.1, -0.05) is 6.42 Å². The van der Waals surface area contributed by atoms with Gasteiger partial charge in [0.05, 0.1) is 25.0 Å². The Morgan fingerprint density at radius 3 is 2.50 bits per heavy atom. The second kappa shape index (κ2) is 4.48. The minimum atomic E-state index is 0.445. The lowest BCUT2D eigenvalue weighted by Gasteiger charge is -2.43. The van der Waals surface area contributed by atoms with Crippen molar-refractivity contribution >= 4 is 5.78 Å². The van der Waals surface area contributed by atoms with E-state index in [2.05, 4.69) is 0 Å². The van der Waals surface area contributed by atoms with Crippen LogP contribution in [0.1, 0.15) is 51.4 Å². The van der Waals surface area contributed by atoms with E-state index in [1.165, 1.54) is 64.5 Å². The van der Waals surface area contributed by atoms with Gasteiger partial charge in [0.15, 0.2) is 0 Å². The van der Waals surface area contributed by atoms with Crippen LogP contribution in [-0.4, -0.2) is 24.9 Å². The van der Waals surface area contributed by atoms with Crippen molar-refractivity contribution in [1.29, 1.82) is 0 Å². The van der Waals surface area contributed by atoms with Crippen LogP contribution < -0.4 is 4.90 Å². The predicted octanol–water partition coefficient (Wildman–Crippen LogP) is 1.20. The molecular formula is C14H24NO+. The maximum absolute atomic E-state index is 12.2. The third-order valence-corrected chi connectivity index (χ3v) is 5.17. The molecule has 16 heavy (non-hydrogen) atoms. The molecule has 1 N–H and O–H groups in total. The summed E-state index contributed by atoms with van der Waals surface area (Å²) in [6.07, 6.45) is 10.4. The first-order chi connectivity index (χ1) is 7.86. The first-order valence-corrected chi connectivity index (χ1v) is 7.24. The molecule has 3 atom stereocenters. The molecule has 2 heteroatoms. The highest BCUT2D eigenvalue weighted by molar-refractivity contribution is 5.85. The first kappa shape index (κ1) is 10.8. The van der Waals surface area contributed by atoms with E-state index < -0.39 is 0 Å². The summed E-state index contributed by atoms with van der Waals surface area (Å²) in [5, 5.41) is 0. The molecule has 1 heterocycles. The number of carbonyl (C=O) groups is 1. The summed E-state index contributed by atoms with van der Waals surface area (Å²) < 4.78 is 0. The number of piperidine rings is 1. The van der Waals surface area contributed by atoms with Crippen LogP contribution in [0.15, 0.2) is 0 Å². The van der Waals surface area contributed by atoms with Crippen molar-refractivity contribution in [2.75, 3.05) is 13.1 Å². The van der Waals surface area contributed by atoms with Gasteiger partial charge < -0.3 is 4.90 Å². The zero-order valence-corrected chi connectivity index (χ0v) is 10.2. The van der Waals surface area contributed by atoms with Crippen LogP contribution in [0.25, 0.3) is 0 Å². The summed E-state index contributed by atoms with van der Waals surface area (Å²) in [6, 6.07) is 0.698. The number of likely N-dealkylation sites (tertiary alicyclic amines) is 1. The number of carbonyl (C=O) groups excluding carboxylic acids is 1. The fraction of sp³-hybridized carbons (Fsp3) is 0.929. The van der Waals surface area contributed by atoms with Gasteiger partial charge in [0.2, 0.25) is 0 Å². The van der Waals surface area contributed by atoms with Crippen LogP contribution in [0.4, 0.5) is 0 Å². The van der Waals surface area contributed by atoms with Crippen molar-refractivity contribution in [3.8, 4) is 0 Å². The Kier molecular flexibility index (Phi) is 3.01. The zero-order valence-electron chi connectivity index (χ0n) is 10.2. The molecule has 2 bridgehead atoms. The normalized spacial score (nSPS) is 41.0. The first-order valence-electron chi connectivity index (χ1n) is 7.24. The number of hydrogen-bond donors (Lipinski definition) is 1. The molecule has 2 saturated carbocycles. The van der Waals surface area contributed by atoms with Crippen LogP contribution in [0, 0.1) is 11.8 Å². The summed E-state index contributed by atoms with van der Waals surface area (Å²) in [7, 11) is 0.